The Morgan fingerprint density at radius 1 is 1.06 bits per heavy atom. The lowest BCUT2D eigenvalue weighted by Gasteiger charge is -2.35. The van der Waals surface area contributed by atoms with Crippen LogP contribution >= 0.6 is 0 Å². The van der Waals surface area contributed by atoms with Crippen molar-refractivity contribution in [1.29, 1.82) is 0 Å². The molecule has 0 unspecified atom stereocenters. The highest BCUT2D eigenvalue weighted by molar-refractivity contribution is 7.92. The number of nitro groups is 1. The number of rotatable bonds is 7. The van der Waals surface area contributed by atoms with Crippen LogP contribution in [0.15, 0.2) is 65.8 Å². The van der Waals surface area contributed by atoms with Gasteiger partial charge in [0.25, 0.3) is 15.7 Å². The highest BCUT2D eigenvalue weighted by Crippen LogP contribution is 2.32. The van der Waals surface area contributed by atoms with Gasteiger partial charge in [-0.3, -0.25) is 24.7 Å². The summed E-state index contributed by atoms with van der Waals surface area (Å²) in [4.78, 5) is 19.5. The Labute approximate surface area is 199 Å². The van der Waals surface area contributed by atoms with E-state index in [0.29, 0.717) is 24.5 Å². The van der Waals surface area contributed by atoms with Crippen molar-refractivity contribution in [2.75, 3.05) is 35.8 Å². The van der Waals surface area contributed by atoms with E-state index in [9.17, 15) is 18.5 Å². The molecule has 10 heteroatoms. The van der Waals surface area contributed by atoms with Crippen LogP contribution in [0.5, 0.6) is 0 Å². The van der Waals surface area contributed by atoms with Gasteiger partial charge in [-0.15, -0.1) is 0 Å². The minimum Gasteiger partial charge on any atom is -0.363 e. The minimum atomic E-state index is -3.98. The number of aryl methyl sites for hydroxylation is 2. The SMILES string of the molecule is Cc1ccc(NS(=O)(=O)c2ccc(N3CCN(Cc4cccnc4)CC3)c([N+](=O)[O-])c2)c(C)c1. The first-order chi connectivity index (χ1) is 16.2. The summed E-state index contributed by atoms with van der Waals surface area (Å²) in [5, 5.41) is 11.8. The van der Waals surface area contributed by atoms with Crippen molar-refractivity contribution >= 4 is 27.1 Å². The summed E-state index contributed by atoms with van der Waals surface area (Å²) in [6.07, 6.45) is 3.57. The Balaban J connectivity index is 1.51. The Kier molecular flexibility index (Phi) is 6.80. The molecule has 0 spiro atoms. The predicted octanol–water partition coefficient (Wildman–Crippen LogP) is 3.73. The van der Waals surface area contributed by atoms with Crippen LogP contribution < -0.4 is 9.62 Å². The zero-order valence-electron chi connectivity index (χ0n) is 19.1. The number of hydrogen-bond donors (Lipinski definition) is 1. The molecule has 178 valence electrons. The maximum Gasteiger partial charge on any atom is 0.293 e. The number of nitrogens with zero attached hydrogens (tertiary/aromatic N) is 4. The minimum absolute atomic E-state index is 0.141. The molecule has 4 rings (SSSR count). The van der Waals surface area contributed by atoms with E-state index in [1.165, 1.54) is 12.1 Å². The van der Waals surface area contributed by atoms with Gasteiger partial charge in [0.2, 0.25) is 0 Å². The third-order valence-corrected chi connectivity index (χ3v) is 7.29. The van der Waals surface area contributed by atoms with Gasteiger partial charge in [-0.1, -0.05) is 23.8 Å². The molecule has 0 amide bonds. The van der Waals surface area contributed by atoms with Crippen molar-refractivity contribution in [2.45, 2.75) is 25.3 Å². The first-order valence-electron chi connectivity index (χ1n) is 11.0. The van der Waals surface area contributed by atoms with E-state index in [-0.39, 0.29) is 10.6 Å². The van der Waals surface area contributed by atoms with E-state index in [1.807, 2.05) is 49.2 Å². The van der Waals surface area contributed by atoms with Crippen LogP contribution in [0.25, 0.3) is 0 Å². The number of anilines is 2. The Morgan fingerprint density at radius 2 is 1.82 bits per heavy atom. The number of hydrogen-bond acceptors (Lipinski definition) is 7. The Hall–Kier alpha value is -3.50. The molecule has 1 saturated heterocycles. The third kappa shape index (κ3) is 5.35. The number of sulfonamides is 1. The molecule has 0 aliphatic carbocycles. The molecule has 1 aromatic heterocycles. The van der Waals surface area contributed by atoms with E-state index < -0.39 is 14.9 Å². The van der Waals surface area contributed by atoms with Crippen molar-refractivity contribution in [1.82, 2.24) is 9.88 Å². The molecule has 34 heavy (non-hydrogen) atoms. The molecule has 1 N–H and O–H groups in total. The monoisotopic (exact) mass is 481 g/mol. The highest BCUT2D eigenvalue weighted by Gasteiger charge is 2.27. The van der Waals surface area contributed by atoms with Crippen molar-refractivity contribution < 1.29 is 13.3 Å². The number of pyridine rings is 1. The van der Waals surface area contributed by atoms with Gasteiger partial charge in [0.05, 0.1) is 15.5 Å². The molecular formula is C24H27N5O4S. The van der Waals surface area contributed by atoms with E-state index in [0.717, 1.165) is 42.4 Å². The fourth-order valence-corrected chi connectivity index (χ4v) is 5.26. The summed E-state index contributed by atoms with van der Waals surface area (Å²) in [6, 6.07) is 13.4. The second-order valence-electron chi connectivity index (χ2n) is 8.46. The van der Waals surface area contributed by atoms with Crippen LogP contribution in [0.2, 0.25) is 0 Å². The van der Waals surface area contributed by atoms with Crippen molar-refractivity contribution in [3.8, 4) is 0 Å². The van der Waals surface area contributed by atoms with Gasteiger partial charge in [-0.2, -0.15) is 0 Å². The number of nitro benzene ring substituents is 1. The van der Waals surface area contributed by atoms with Gasteiger partial charge < -0.3 is 4.90 Å². The van der Waals surface area contributed by atoms with Gasteiger partial charge >= 0.3 is 0 Å². The molecule has 1 aliphatic heterocycles. The summed E-state index contributed by atoms with van der Waals surface area (Å²) >= 11 is 0. The van der Waals surface area contributed by atoms with Gasteiger partial charge in [-0.05, 0) is 49.2 Å². The van der Waals surface area contributed by atoms with E-state index in [2.05, 4.69) is 14.6 Å². The molecule has 1 fully saturated rings. The molecule has 0 atom stereocenters. The maximum atomic E-state index is 13.0. The summed E-state index contributed by atoms with van der Waals surface area (Å²) in [5.41, 5.74) is 3.57. The summed E-state index contributed by atoms with van der Waals surface area (Å²) in [5.74, 6) is 0. The number of nitrogens with one attached hydrogen (secondary N) is 1. The number of piperazine rings is 1. The van der Waals surface area contributed by atoms with Crippen LogP contribution in [0, 0.1) is 24.0 Å². The zero-order valence-corrected chi connectivity index (χ0v) is 20.0. The second-order valence-corrected chi connectivity index (χ2v) is 10.1. The summed E-state index contributed by atoms with van der Waals surface area (Å²) in [6.45, 7) is 7.18. The molecule has 9 nitrogen and oxygen atoms in total. The van der Waals surface area contributed by atoms with Crippen molar-refractivity contribution in [2.24, 2.45) is 0 Å². The van der Waals surface area contributed by atoms with Crippen LogP contribution in [0.1, 0.15) is 16.7 Å². The van der Waals surface area contributed by atoms with Crippen molar-refractivity contribution in [3.63, 3.8) is 0 Å². The fraction of sp³-hybridized carbons (Fsp3) is 0.292. The largest absolute Gasteiger partial charge is 0.363 e. The first kappa shape index (κ1) is 23.7. The van der Waals surface area contributed by atoms with Crippen molar-refractivity contribution in [3.05, 3.63) is 87.7 Å². The summed E-state index contributed by atoms with van der Waals surface area (Å²) < 4.78 is 28.5. The van der Waals surface area contributed by atoms with E-state index in [4.69, 9.17) is 0 Å². The van der Waals surface area contributed by atoms with Crippen LogP contribution in [0.4, 0.5) is 17.1 Å². The average molecular weight is 482 g/mol. The Morgan fingerprint density at radius 3 is 2.47 bits per heavy atom. The van der Waals surface area contributed by atoms with E-state index in [1.54, 1.807) is 12.3 Å². The quantitative estimate of drug-likeness (QED) is 0.405. The lowest BCUT2D eigenvalue weighted by Crippen LogP contribution is -2.46. The van der Waals surface area contributed by atoms with Crippen LogP contribution in [-0.4, -0.2) is 49.4 Å². The lowest BCUT2D eigenvalue weighted by atomic mass is 10.1. The molecule has 2 heterocycles. The normalized spacial score (nSPS) is 14.7. The zero-order chi connectivity index (χ0) is 24.3. The van der Waals surface area contributed by atoms with Crippen LogP contribution in [0.3, 0.4) is 0 Å². The third-order valence-electron chi connectivity index (χ3n) is 5.92. The summed E-state index contributed by atoms with van der Waals surface area (Å²) in [7, 11) is -3.98. The lowest BCUT2D eigenvalue weighted by molar-refractivity contribution is -0.384. The highest BCUT2D eigenvalue weighted by atomic mass is 32.2. The van der Waals surface area contributed by atoms with E-state index >= 15 is 0 Å². The fourth-order valence-electron chi connectivity index (χ4n) is 4.11. The number of benzene rings is 2. The average Bonchev–Trinajstić information content (AvgIpc) is 2.82. The standard InChI is InChI=1S/C24H27N5O4S/c1-18-5-7-22(19(2)14-18)26-34(32,33)21-6-8-23(24(15-21)29(30)31)28-12-10-27(11-13-28)17-20-4-3-9-25-16-20/h3-9,14-16,26H,10-13,17H2,1-2H3. The van der Waals surface area contributed by atoms with Gasteiger partial charge in [0, 0.05) is 51.2 Å². The molecule has 1 aliphatic rings. The first-order valence-corrected chi connectivity index (χ1v) is 12.5. The molecule has 0 bridgehead atoms. The molecule has 0 saturated carbocycles. The smallest absolute Gasteiger partial charge is 0.293 e. The second kappa shape index (κ2) is 9.78. The number of aromatic nitrogens is 1. The molecule has 3 aromatic rings. The predicted molar refractivity (Wildman–Crippen MR) is 132 cm³/mol. The molecule has 2 aromatic carbocycles. The Bertz CT molecular complexity index is 1290. The maximum absolute atomic E-state index is 13.0. The molecular weight excluding hydrogens is 454 g/mol. The van der Waals surface area contributed by atoms with Gasteiger partial charge in [0.1, 0.15) is 5.69 Å². The van der Waals surface area contributed by atoms with Gasteiger partial charge in [0.15, 0.2) is 0 Å². The molecule has 0 radical (unpaired) electrons. The van der Waals surface area contributed by atoms with Gasteiger partial charge in [-0.25, -0.2) is 8.42 Å². The topological polar surface area (TPSA) is 109 Å². The van der Waals surface area contributed by atoms with Crippen LogP contribution in [-0.2, 0) is 16.6 Å².